The fraction of sp³-hybridized carbons (Fsp3) is 0.938. The molecule has 1 aliphatic heterocycles. The van der Waals surface area contributed by atoms with Crippen LogP contribution in [0.15, 0.2) is 0 Å². The van der Waals surface area contributed by atoms with Crippen LogP contribution in [0.3, 0.4) is 0 Å². The van der Waals surface area contributed by atoms with Crippen LogP contribution in [-0.2, 0) is 0 Å². The Morgan fingerprint density at radius 3 is 2.37 bits per heavy atom. The lowest BCUT2D eigenvalue weighted by Gasteiger charge is -2.44. The fourth-order valence-electron chi connectivity index (χ4n) is 3.94. The summed E-state index contributed by atoms with van der Waals surface area (Å²) in [6, 6.07) is 3.13. The van der Waals surface area contributed by atoms with Crippen LogP contribution in [0.1, 0.15) is 57.8 Å². The van der Waals surface area contributed by atoms with Crippen molar-refractivity contribution in [3.05, 3.63) is 0 Å². The summed E-state index contributed by atoms with van der Waals surface area (Å²) in [6.45, 7) is 3.36. The molecule has 0 aromatic carbocycles. The Kier molecular flexibility index (Phi) is 4.10. The van der Waals surface area contributed by atoms with Crippen LogP contribution in [0.4, 0.5) is 0 Å². The molecule has 2 aliphatic carbocycles. The van der Waals surface area contributed by atoms with Gasteiger partial charge in [-0.25, -0.2) is 0 Å². The normalized spacial score (nSPS) is 29.0. The molecule has 2 saturated carbocycles. The summed E-state index contributed by atoms with van der Waals surface area (Å²) in [6.07, 6.45) is 12.5. The van der Waals surface area contributed by atoms with Gasteiger partial charge in [0.1, 0.15) is 6.04 Å². The Balaban J connectivity index is 1.45. The first kappa shape index (κ1) is 13.4. The summed E-state index contributed by atoms with van der Waals surface area (Å²) >= 11 is 0. The maximum absolute atomic E-state index is 9.24. The predicted molar refractivity (Wildman–Crippen MR) is 76.8 cm³/mol. The number of hydrogen-bond donors (Lipinski definition) is 1. The van der Waals surface area contributed by atoms with Crippen molar-refractivity contribution in [1.29, 1.82) is 5.26 Å². The van der Waals surface area contributed by atoms with Gasteiger partial charge in [-0.3, -0.25) is 5.32 Å². The smallest absolute Gasteiger partial charge is 0.108 e. The summed E-state index contributed by atoms with van der Waals surface area (Å²) < 4.78 is 0. The Morgan fingerprint density at radius 2 is 1.79 bits per heavy atom. The zero-order valence-corrected chi connectivity index (χ0v) is 12.0. The Hall–Kier alpha value is -0.590. The quantitative estimate of drug-likeness (QED) is 0.845. The molecule has 0 aromatic heterocycles. The Morgan fingerprint density at radius 1 is 1.11 bits per heavy atom. The lowest BCUT2D eigenvalue weighted by molar-refractivity contribution is 0.0655. The highest BCUT2D eigenvalue weighted by atomic mass is 15.2. The van der Waals surface area contributed by atoms with Gasteiger partial charge in [0, 0.05) is 12.6 Å². The van der Waals surface area contributed by atoms with E-state index in [9.17, 15) is 5.26 Å². The van der Waals surface area contributed by atoms with Crippen LogP contribution in [0.5, 0.6) is 0 Å². The van der Waals surface area contributed by atoms with E-state index in [2.05, 4.69) is 16.3 Å². The Labute approximate surface area is 117 Å². The first-order valence-corrected chi connectivity index (χ1v) is 8.18. The molecule has 1 N–H and O–H groups in total. The predicted octanol–water partition coefficient (Wildman–Crippen LogP) is 2.68. The molecule has 1 spiro atoms. The molecule has 19 heavy (non-hydrogen) atoms. The highest BCUT2D eigenvalue weighted by Gasteiger charge is 2.36. The number of likely N-dealkylation sites (tertiary alicyclic amines) is 1. The van der Waals surface area contributed by atoms with Crippen LogP contribution in [0, 0.1) is 16.7 Å². The lowest BCUT2D eigenvalue weighted by Crippen LogP contribution is -2.47. The SMILES string of the molecule is N#CC(CN1CCC2(CCCCC2)CC1)NC1CC1. The fourth-order valence-corrected chi connectivity index (χ4v) is 3.94. The molecule has 3 nitrogen and oxygen atoms in total. The van der Waals surface area contributed by atoms with E-state index < -0.39 is 0 Å². The number of hydrogen-bond acceptors (Lipinski definition) is 3. The molecule has 3 fully saturated rings. The van der Waals surface area contributed by atoms with Crippen molar-refractivity contribution < 1.29 is 0 Å². The van der Waals surface area contributed by atoms with Crippen LogP contribution in [-0.4, -0.2) is 36.6 Å². The maximum atomic E-state index is 9.24. The van der Waals surface area contributed by atoms with Gasteiger partial charge in [0.2, 0.25) is 0 Å². The van der Waals surface area contributed by atoms with Gasteiger partial charge in [0.25, 0.3) is 0 Å². The molecule has 3 aliphatic rings. The highest BCUT2D eigenvalue weighted by Crippen LogP contribution is 2.44. The van der Waals surface area contributed by atoms with E-state index in [1.165, 1.54) is 70.9 Å². The average Bonchev–Trinajstić information content (AvgIpc) is 3.26. The molecule has 0 aromatic rings. The zero-order valence-electron chi connectivity index (χ0n) is 12.0. The summed E-state index contributed by atoms with van der Waals surface area (Å²) in [7, 11) is 0. The Bertz CT molecular complexity index is 326. The average molecular weight is 261 g/mol. The number of piperidine rings is 1. The van der Waals surface area contributed by atoms with Crippen LogP contribution < -0.4 is 5.32 Å². The van der Waals surface area contributed by atoms with Gasteiger partial charge in [-0.05, 0) is 57.0 Å². The molecule has 1 atom stereocenters. The minimum atomic E-state index is 0.0490. The first-order valence-electron chi connectivity index (χ1n) is 8.18. The molecule has 0 amide bonds. The van der Waals surface area contributed by atoms with E-state index in [4.69, 9.17) is 0 Å². The first-order chi connectivity index (χ1) is 9.30. The molecule has 1 unspecified atom stereocenters. The summed E-state index contributed by atoms with van der Waals surface area (Å²) in [5.41, 5.74) is 0.681. The summed E-state index contributed by atoms with van der Waals surface area (Å²) in [4.78, 5) is 2.52. The van der Waals surface area contributed by atoms with Gasteiger partial charge in [-0.1, -0.05) is 19.3 Å². The van der Waals surface area contributed by atoms with Crippen molar-refractivity contribution >= 4 is 0 Å². The number of nitriles is 1. The van der Waals surface area contributed by atoms with Crippen LogP contribution in [0.25, 0.3) is 0 Å². The second-order valence-corrected chi connectivity index (χ2v) is 6.98. The highest BCUT2D eigenvalue weighted by molar-refractivity contribution is 4.98. The number of nitrogens with zero attached hydrogens (tertiary/aromatic N) is 2. The van der Waals surface area contributed by atoms with Gasteiger partial charge in [-0.15, -0.1) is 0 Å². The molecular formula is C16H27N3. The maximum Gasteiger partial charge on any atom is 0.108 e. The molecule has 0 radical (unpaired) electrons. The van der Waals surface area contributed by atoms with Crippen molar-refractivity contribution in [3.8, 4) is 6.07 Å². The van der Waals surface area contributed by atoms with Crippen molar-refractivity contribution in [1.82, 2.24) is 10.2 Å². The minimum Gasteiger partial charge on any atom is -0.301 e. The minimum absolute atomic E-state index is 0.0490. The van der Waals surface area contributed by atoms with E-state index in [1.54, 1.807) is 0 Å². The topological polar surface area (TPSA) is 39.1 Å². The molecule has 1 heterocycles. The molecular weight excluding hydrogens is 234 g/mol. The zero-order chi connectivity index (χ0) is 13.1. The number of nitrogens with one attached hydrogen (secondary N) is 1. The molecule has 3 heteroatoms. The van der Waals surface area contributed by atoms with E-state index in [0.29, 0.717) is 11.5 Å². The molecule has 106 valence electrons. The monoisotopic (exact) mass is 261 g/mol. The second-order valence-electron chi connectivity index (χ2n) is 6.98. The summed E-state index contributed by atoms with van der Waals surface area (Å²) in [5, 5.41) is 12.7. The standard InChI is InChI=1S/C16H27N3/c17-12-15(18-14-4-5-14)13-19-10-8-16(9-11-19)6-2-1-3-7-16/h14-15,18H,1-11,13H2. The molecule has 0 bridgehead atoms. The second kappa shape index (κ2) is 5.81. The molecule has 1 saturated heterocycles. The van der Waals surface area contributed by atoms with Crippen LogP contribution in [0.2, 0.25) is 0 Å². The van der Waals surface area contributed by atoms with Gasteiger partial charge in [0.05, 0.1) is 6.07 Å². The van der Waals surface area contributed by atoms with Gasteiger partial charge in [0.15, 0.2) is 0 Å². The van der Waals surface area contributed by atoms with E-state index in [-0.39, 0.29) is 6.04 Å². The third kappa shape index (κ3) is 3.49. The van der Waals surface area contributed by atoms with E-state index in [0.717, 1.165) is 6.54 Å². The van der Waals surface area contributed by atoms with Gasteiger partial charge < -0.3 is 4.90 Å². The summed E-state index contributed by atoms with van der Waals surface area (Å²) in [5.74, 6) is 0. The van der Waals surface area contributed by atoms with Crippen LogP contribution >= 0.6 is 0 Å². The van der Waals surface area contributed by atoms with Crippen molar-refractivity contribution in [2.45, 2.75) is 69.9 Å². The van der Waals surface area contributed by atoms with Crippen molar-refractivity contribution in [2.24, 2.45) is 5.41 Å². The molecule has 3 rings (SSSR count). The van der Waals surface area contributed by atoms with E-state index in [1.807, 2.05) is 0 Å². The van der Waals surface area contributed by atoms with Gasteiger partial charge >= 0.3 is 0 Å². The third-order valence-corrected chi connectivity index (χ3v) is 5.44. The van der Waals surface area contributed by atoms with Crippen molar-refractivity contribution in [3.63, 3.8) is 0 Å². The lowest BCUT2D eigenvalue weighted by atomic mass is 9.68. The van der Waals surface area contributed by atoms with Crippen molar-refractivity contribution in [2.75, 3.05) is 19.6 Å². The number of rotatable bonds is 4. The van der Waals surface area contributed by atoms with Gasteiger partial charge in [-0.2, -0.15) is 5.26 Å². The largest absolute Gasteiger partial charge is 0.301 e. The third-order valence-electron chi connectivity index (χ3n) is 5.44. The van der Waals surface area contributed by atoms with E-state index >= 15 is 0 Å².